The van der Waals surface area contributed by atoms with E-state index in [1.807, 2.05) is 0 Å². The first-order valence-corrected chi connectivity index (χ1v) is 19.0. The van der Waals surface area contributed by atoms with Gasteiger partial charge in [0.15, 0.2) is 0 Å². The summed E-state index contributed by atoms with van der Waals surface area (Å²) in [6.07, 6.45) is -54.8. The lowest BCUT2D eigenvalue weighted by molar-refractivity contribution is -0.787. The Labute approximate surface area is 374 Å². The summed E-state index contributed by atoms with van der Waals surface area (Å²) in [5.74, 6) is 0. The molecule has 0 saturated heterocycles. The van der Waals surface area contributed by atoms with Crippen LogP contribution in [-0.2, 0) is 49.4 Å². The van der Waals surface area contributed by atoms with Crippen LogP contribution in [0.1, 0.15) is 61.2 Å². The van der Waals surface area contributed by atoms with Crippen molar-refractivity contribution in [1.29, 1.82) is 0 Å². The van der Waals surface area contributed by atoms with Crippen LogP contribution in [0.4, 0.5) is 111 Å². The Bertz CT molecular complexity index is 2210. The van der Waals surface area contributed by atoms with Crippen molar-refractivity contribution in [3.63, 3.8) is 0 Å². The van der Waals surface area contributed by atoms with Crippen molar-refractivity contribution in [1.82, 2.24) is 0 Å². The summed E-state index contributed by atoms with van der Waals surface area (Å²) >= 11 is 0. The highest BCUT2D eigenvalue weighted by Gasteiger charge is 2.47. The zero-order chi connectivity index (χ0) is 53.2. The molecule has 5 rings (SSSR count). The van der Waals surface area contributed by atoms with Gasteiger partial charge in [-0.05, 0) is 45.0 Å². The first-order chi connectivity index (χ1) is 30.8. The van der Waals surface area contributed by atoms with Crippen molar-refractivity contribution >= 4 is 33.7 Å². The molecular weight excluding hydrogens is 997 g/mol. The molecule has 1 nitrogen and oxygen atoms in total. The number of halogens is 24. The summed E-state index contributed by atoms with van der Waals surface area (Å²) in [7, 11) is 4.34. The molecule has 69 heavy (non-hydrogen) atoms. The van der Waals surface area contributed by atoms with Gasteiger partial charge in [0.05, 0.1) is 58.6 Å². The topological polar surface area (TPSA) is 4.44 Å². The lowest BCUT2D eigenvalue weighted by Crippen LogP contribution is -3.00. The molecule has 5 aromatic carbocycles. The van der Waals surface area contributed by atoms with Crippen LogP contribution in [0.3, 0.4) is 0 Å². The van der Waals surface area contributed by atoms with Gasteiger partial charge in [-0.3, -0.25) is 0 Å². The third-order valence-corrected chi connectivity index (χ3v) is 10.6. The predicted octanol–water partition coefficient (Wildman–Crippen LogP) is 12.6. The number of nitrogens with one attached hydrogen (secondary N) is 1. The highest BCUT2D eigenvalue weighted by atomic mass is 19.4. The molecule has 0 heterocycles. The third kappa shape index (κ3) is 12.6. The van der Waals surface area contributed by atoms with E-state index < -0.39 is 195 Å². The Morgan fingerprint density at radius 2 is 0.435 bits per heavy atom. The van der Waals surface area contributed by atoms with Crippen LogP contribution in [0.5, 0.6) is 0 Å². The third-order valence-electron chi connectivity index (χ3n) is 10.6. The van der Waals surface area contributed by atoms with E-state index in [1.165, 1.54) is 27.3 Å². The van der Waals surface area contributed by atoms with Crippen LogP contribution in [-0.4, -0.2) is 20.2 Å². The molecule has 0 saturated carbocycles. The largest absolute Gasteiger partial charge is 0.416 e. The zero-order valence-corrected chi connectivity index (χ0v) is 35.2. The molecule has 0 fully saturated rings. The van der Waals surface area contributed by atoms with Crippen molar-refractivity contribution in [2.24, 2.45) is 0 Å². The number of hydrogen-bond donors (Lipinski definition) is 1. The first-order valence-electron chi connectivity index (χ1n) is 19.0. The number of benzene rings is 5. The predicted molar refractivity (Wildman–Crippen MR) is 203 cm³/mol. The van der Waals surface area contributed by atoms with Gasteiger partial charge in [0.25, 0.3) is 0 Å². The Kier molecular flexibility index (Phi) is 14.9. The van der Waals surface area contributed by atoms with Crippen LogP contribution in [0.2, 0.25) is 0 Å². The summed E-state index contributed by atoms with van der Waals surface area (Å²) in [4.78, 5) is 1.41. The van der Waals surface area contributed by atoms with E-state index in [2.05, 4.69) is 47.0 Å². The van der Waals surface area contributed by atoms with Crippen molar-refractivity contribution in [2.45, 2.75) is 70.2 Å². The minimum Gasteiger partial charge on any atom is -0.307 e. The van der Waals surface area contributed by atoms with Crippen LogP contribution < -0.4 is 26.8 Å². The molecule has 0 aliphatic carbocycles. The summed E-state index contributed by atoms with van der Waals surface area (Å²) in [5, 5.41) is 0. The molecule has 378 valence electrons. The maximum atomic E-state index is 14.2. The lowest BCUT2D eigenvalue weighted by Gasteiger charge is -2.46. The number of aryl methyl sites for hydroxylation is 3. The molecule has 26 heteroatoms. The monoisotopic (exact) mass is 1030 g/mol. The maximum absolute atomic E-state index is 14.2. The molecule has 0 amide bonds. The molecule has 1 N–H and O–H groups in total. The molecule has 0 aliphatic rings. The van der Waals surface area contributed by atoms with Gasteiger partial charge >= 0.3 is 49.4 Å². The van der Waals surface area contributed by atoms with Gasteiger partial charge in [-0.15, -0.1) is 0 Å². The van der Waals surface area contributed by atoms with Gasteiger partial charge in [0.1, 0.15) is 11.8 Å². The molecule has 0 spiro atoms. The number of hydrogen-bond acceptors (Lipinski definition) is 0. The SMILES string of the molecule is Cc1cc(C)c([NH+](C)C)c(C)c1.FC(F)(F)c1cc([B-](c2cc(C(F)(F)F)cc(C(F)(F)F)c2)(c2cc(C(F)(F)F)cc(C(F)(F)F)c2)c2cc(C(F)(F)F)cc(C(F)(F)F)c2)cc(C(F)(F)F)c1. The van der Waals surface area contributed by atoms with E-state index in [9.17, 15) is 105 Å². The fourth-order valence-corrected chi connectivity index (χ4v) is 8.04. The highest BCUT2D eigenvalue weighted by Crippen LogP contribution is 2.41. The quantitative estimate of drug-likeness (QED) is 0.132. The highest BCUT2D eigenvalue weighted by molar-refractivity contribution is 7.20. The fourth-order valence-electron chi connectivity index (χ4n) is 8.04. The van der Waals surface area contributed by atoms with Crippen molar-refractivity contribution in [2.75, 3.05) is 14.1 Å². The van der Waals surface area contributed by atoms with Crippen molar-refractivity contribution in [3.8, 4) is 0 Å². The fraction of sp³-hybridized carbons (Fsp3) is 0.302. The molecule has 0 radical (unpaired) electrons. The van der Waals surface area contributed by atoms with Crippen LogP contribution in [0.15, 0.2) is 84.9 Å². The zero-order valence-electron chi connectivity index (χ0n) is 35.2. The maximum Gasteiger partial charge on any atom is 0.416 e. The van der Waals surface area contributed by atoms with E-state index in [1.54, 1.807) is 0 Å². The minimum atomic E-state index is -6.13. The van der Waals surface area contributed by atoms with E-state index in [4.69, 9.17) is 0 Å². The van der Waals surface area contributed by atoms with Gasteiger partial charge in [-0.2, -0.15) is 127 Å². The number of alkyl halides is 24. The van der Waals surface area contributed by atoms with E-state index in [0.29, 0.717) is 0 Å². The molecule has 0 unspecified atom stereocenters. The smallest absolute Gasteiger partial charge is 0.307 e. The van der Waals surface area contributed by atoms with Crippen molar-refractivity contribution in [3.05, 3.63) is 146 Å². The molecule has 0 aromatic heterocycles. The lowest BCUT2D eigenvalue weighted by atomic mass is 9.12. The number of rotatable bonds is 5. The second-order valence-corrected chi connectivity index (χ2v) is 16.0. The standard InChI is InChI=1S/C32H12BF24.C11H17N/c34-25(35,36)13-1-14(26(37,38)39)6-21(5-13)33(22-7-15(27(40,41)42)2-16(8-22)28(43,44)45,23-9-17(29(46,47)48)3-18(10-23)30(49,50)51)24-11-19(31(52,53)54)4-20(12-24)32(55,56)57;1-8-6-9(2)11(12(4)5)10(3)7-8/h1-12H;6-7H,1-5H3/q-1;/p+1. The second kappa shape index (κ2) is 18.3. The average Bonchev–Trinajstić information content (AvgIpc) is 3.15. The first kappa shape index (κ1) is 56.0. The van der Waals surface area contributed by atoms with E-state index in [0.717, 1.165) is 0 Å². The Morgan fingerprint density at radius 1 is 0.275 bits per heavy atom. The number of quaternary nitrogens is 1. The molecule has 0 aliphatic heterocycles. The molecular formula is C43H30BF24N. The summed E-state index contributed by atoms with van der Waals surface area (Å²) in [5.41, 5.74) is -24.6. The minimum absolute atomic E-state index is 0.691. The summed E-state index contributed by atoms with van der Waals surface area (Å²) < 4.78 is 341. The van der Waals surface area contributed by atoms with Gasteiger partial charge in [0, 0.05) is 11.1 Å². The van der Waals surface area contributed by atoms with Gasteiger partial charge in [-0.1, -0.05) is 66.2 Å². The van der Waals surface area contributed by atoms with Crippen LogP contribution >= 0.6 is 0 Å². The van der Waals surface area contributed by atoms with Crippen LogP contribution in [0, 0.1) is 20.8 Å². The van der Waals surface area contributed by atoms with E-state index >= 15 is 0 Å². The Morgan fingerprint density at radius 3 is 0.565 bits per heavy atom. The Balaban J connectivity index is 0.000000750. The molecule has 5 aromatic rings. The average molecular weight is 1030 g/mol. The van der Waals surface area contributed by atoms with Gasteiger partial charge in [0.2, 0.25) is 0 Å². The molecule has 0 bridgehead atoms. The van der Waals surface area contributed by atoms with Crippen molar-refractivity contribution < 1.29 is 110 Å². The molecule has 0 atom stereocenters. The van der Waals surface area contributed by atoms with Gasteiger partial charge in [-0.25, -0.2) is 0 Å². The summed E-state index contributed by atoms with van der Waals surface area (Å²) in [6, 6.07) is -4.32. The Hall–Kier alpha value is -5.56. The second-order valence-electron chi connectivity index (χ2n) is 16.0. The van der Waals surface area contributed by atoms with Gasteiger partial charge < -0.3 is 4.90 Å². The van der Waals surface area contributed by atoms with Crippen LogP contribution in [0.25, 0.3) is 0 Å². The van der Waals surface area contributed by atoms with E-state index in [-0.39, 0.29) is 0 Å². The summed E-state index contributed by atoms with van der Waals surface area (Å²) in [6.45, 7) is 6.51. The normalized spacial score (nSPS) is 13.7.